The molecule has 0 unspecified atom stereocenters. The summed E-state index contributed by atoms with van der Waals surface area (Å²) >= 11 is 0. The molecule has 2 heterocycles. The number of rotatable bonds is 6. The molecule has 5 rings (SSSR count). The van der Waals surface area contributed by atoms with E-state index in [4.69, 9.17) is 0 Å². The molecule has 0 aliphatic carbocycles. The molecule has 0 saturated carbocycles. The van der Waals surface area contributed by atoms with Crippen LogP contribution >= 0.6 is 0 Å². The maximum absolute atomic E-state index is 13.4. The van der Waals surface area contributed by atoms with Crippen LogP contribution in [0.1, 0.15) is 58.3 Å². The first-order valence-electron chi connectivity index (χ1n) is 12.4. The molecule has 1 N–H and O–H groups in total. The molecule has 6 heteroatoms. The van der Waals surface area contributed by atoms with Gasteiger partial charge in [0.15, 0.2) is 5.78 Å². The fourth-order valence-electron chi connectivity index (χ4n) is 4.15. The molecule has 3 aromatic carbocycles. The van der Waals surface area contributed by atoms with E-state index in [1.165, 1.54) is 0 Å². The Morgan fingerprint density at radius 2 is 1.61 bits per heavy atom. The number of hydrogen-bond acceptors (Lipinski definition) is 4. The van der Waals surface area contributed by atoms with Gasteiger partial charge in [-0.25, -0.2) is 4.68 Å². The summed E-state index contributed by atoms with van der Waals surface area (Å²) in [5.41, 5.74) is 4.94. The molecule has 5 aromatic rings. The molecule has 0 aliphatic rings. The third-order valence-electron chi connectivity index (χ3n) is 6.33. The lowest BCUT2D eigenvalue weighted by Crippen LogP contribution is -2.14. The molecular weight excluding hydrogens is 472 g/mol. The van der Waals surface area contributed by atoms with Gasteiger partial charge in [0.25, 0.3) is 5.91 Å². The highest BCUT2D eigenvalue weighted by atomic mass is 16.1. The van der Waals surface area contributed by atoms with E-state index in [-0.39, 0.29) is 17.1 Å². The van der Waals surface area contributed by atoms with Crippen LogP contribution < -0.4 is 5.32 Å². The van der Waals surface area contributed by atoms with Crippen molar-refractivity contribution in [2.24, 2.45) is 0 Å². The number of benzene rings is 3. The van der Waals surface area contributed by atoms with E-state index in [9.17, 15) is 9.59 Å². The Morgan fingerprint density at radius 1 is 0.842 bits per heavy atom. The van der Waals surface area contributed by atoms with Crippen LogP contribution in [0.15, 0.2) is 97.3 Å². The zero-order valence-corrected chi connectivity index (χ0v) is 21.6. The lowest BCUT2D eigenvalue weighted by molar-refractivity contribution is 0.102. The number of hydrogen-bond donors (Lipinski definition) is 1. The number of nitrogens with one attached hydrogen (secondary N) is 1. The zero-order chi connectivity index (χ0) is 26.7. The molecular formula is C32H28N4O2. The van der Waals surface area contributed by atoms with Gasteiger partial charge in [0.2, 0.25) is 0 Å². The third-order valence-corrected chi connectivity index (χ3v) is 6.33. The minimum atomic E-state index is -0.222. The summed E-state index contributed by atoms with van der Waals surface area (Å²) in [4.78, 5) is 30.5. The lowest BCUT2D eigenvalue weighted by atomic mass is 9.87. The lowest BCUT2D eigenvalue weighted by Gasteiger charge is -2.19. The molecule has 0 fully saturated rings. The zero-order valence-electron chi connectivity index (χ0n) is 21.6. The van der Waals surface area contributed by atoms with Crippen molar-refractivity contribution in [3.05, 3.63) is 125 Å². The number of aromatic nitrogens is 3. The number of ketones is 1. The first kappa shape index (κ1) is 24.8. The first-order valence-corrected chi connectivity index (χ1v) is 12.4. The largest absolute Gasteiger partial charge is 0.322 e. The van der Waals surface area contributed by atoms with E-state index >= 15 is 0 Å². The second kappa shape index (κ2) is 10.3. The van der Waals surface area contributed by atoms with Gasteiger partial charge >= 0.3 is 0 Å². The Labute approximate surface area is 221 Å². The Balaban J connectivity index is 1.35. The first-order chi connectivity index (χ1) is 18.3. The Morgan fingerprint density at radius 3 is 2.34 bits per heavy atom. The van der Waals surface area contributed by atoms with Crippen LogP contribution in [-0.4, -0.2) is 26.5 Å². The van der Waals surface area contributed by atoms with Gasteiger partial charge in [-0.2, -0.15) is 5.10 Å². The summed E-state index contributed by atoms with van der Waals surface area (Å²) in [5, 5.41) is 8.25. The van der Waals surface area contributed by atoms with E-state index in [1.54, 1.807) is 47.4 Å². The summed E-state index contributed by atoms with van der Waals surface area (Å²) < 4.78 is 1.72. The molecule has 6 nitrogen and oxygen atoms in total. The summed E-state index contributed by atoms with van der Waals surface area (Å²) in [5.74, 6) is -0.362. The average molecular weight is 501 g/mol. The van der Waals surface area contributed by atoms with Crippen molar-refractivity contribution in [3.8, 4) is 0 Å². The topological polar surface area (TPSA) is 76.9 Å². The second-order valence-electron chi connectivity index (χ2n) is 10.1. The van der Waals surface area contributed by atoms with Crippen molar-refractivity contribution in [1.29, 1.82) is 0 Å². The molecule has 188 valence electrons. The fourth-order valence-corrected chi connectivity index (χ4v) is 4.15. The van der Waals surface area contributed by atoms with Crippen LogP contribution in [0.3, 0.4) is 0 Å². The predicted octanol–water partition coefficient (Wildman–Crippen LogP) is 6.84. The van der Waals surface area contributed by atoms with E-state index in [1.807, 2.05) is 66.9 Å². The normalized spacial score (nSPS) is 11.7. The highest BCUT2D eigenvalue weighted by Crippen LogP contribution is 2.23. The number of pyridine rings is 1. The summed E-state index contributed by atoms with van der Waals surface area (Å²) in [6.45, 7) is 6.40. The molecule has 38 heavy (non-hydrogen) atoms. The average Bonchev–Trinajstić information content (AvgIpc) is 3.34. The molecule has 1 amide bonds. The smallest absolute Gasteiger partial charge is 0.255 e. The quantitative estimate of drug-likeness (QED) is 0.259. The van der Waals surface area contributed by atoms with Crippen LogP contribution in [0.5, 0.6) is 0 Å². The van der Waals surface area contributed by atoms with Gasteiger partial charge in [-0.05, 0) is 59.5 Å². The molecule has 0 atom stereocenters. The van der Waals surface area contributed by atoms with Crippen LogP contribution in [0.2, 0.25) is 0 Å². The van der Waals surface area contributed by atoms with E-state index in [2.05, 4.69) is 36.2 Å². The Kier molecular flexibility index (Phi) is 6.71. The van der Waals surface area contributed by atoms with Crippen LogP contribution in [0, 0.1) is 0 Å². The maximum atomic E-state index is 13.4. The predicted molar refractivity (Wildman–Crippen MR) is 152 cm³/mol. The number of carbonyl (C=O) groups excluding carboxylic acids is 2. The van der Waals surface area contributed by atoms with Crippen LogP contribution in [-0.2, 0) is 5.41 Å². The van der Waals surface area contributed by atoms with Gasteiger partial charge in [0, 0.05) is 40.2 Å². The third kappa shape index (κ3) is 5.44. The van der Waals surface area contributed by atoms with E-state index in [0.29, 0.717) is 22.4 Å². The Hall–Kier alpha value is -4.84. The monoisotopic (exact) mass is 500 g/mol. The number of anilines is 1. The Bertz CT molecular complexity index is 1640. The number of amides is 1. The van der Waals surface area contributed by atoms with Crippen molar-refractivity contribution < 1.29 is 9.59 Å². The van der Waals surface area contributed by atoms with Crippen molar-refractivity contribution in [2.45, 2.75) is 26.2 Å². The van der Waals surface area contributed by atoms with Gasteiger partial charge < -0.3 is 5.32 Å². The number of carbonyl (C=O) groups is 2. The second-order valence-corrected chi connectivity index (χ2v) is 10.1. The molecule has 0 aliphatic heterocycles. The van der Waals surface area contributed by atoms with Crippen LogP contribution in [0.4, 0.5) is 5.69 Å². The van der Waals surface area contributed by atoms with Gasteiger partial charge in [-0.3, -0.25) is 14.6 Å². The molecule has 0 saturated heterocycles. The minimum Gasteiger partial charge on any atom is -0.322 e. The molecule has 0 bridgehead atoms. The van der Waals surface area contributed by atoms with Crippen molar-refractivity contribution in [1.82, 2.24) is 14.8 Å². The van der Waals surface area contributed by atoms with E-state index in [0.717, 1.165) is 22.2 Å². The van der Waals surface area contributed by atoms with Gasteiger partial charge in [0.05, 0.1) is 17.4 Å². The summed E-state index contributed by atoms with van der Waals surface area (Å²) in [6, 6.07) is 25.8. The SMILES string of the molecule is CC(C)(C)c1ccc(C(=O)Nc2cccc(C(=O)c3ccc4cnn(C=Cc5ccccn5)c4c3)c2)cc1. The maximum Gasteiger partial charge on any atom is 0.255 e. The highest BCUT2D eigenvalue weighted by Gasteiger charge is 2.16. The number of nitrogens with zero attached hydrogens (tertiary/aromatic N) is 3. The molecule has 0 radical (unpaired) electrons. The van der Waals surface area contributed by atoms with Crippen LogP contribution in [0.25, 0.3) is 23.2 Å². The minimum absolute atomic E-state index is 0.0137. The van der Waals surface area contributed by atoms with Crippen molar-refractivity contribution >= 4 is 40.6 Å². The highest BCUT2D eigenvalue weighted by molar-refractivity contribution is 6.11. The molecule has 2 aromatic heterocycles. The van der Waals surface area contributed by atoms with E-state index < -0.39 is 0 Å². The van der Waals surface area contributed by atoms with Gasteiger partial charge in [0.1, 0.15) is 0 Å². The van der Waals surface area contributed by atoms with Crippen molar-refractivity contribution in [3.63, 3.8) is 0 Å². The van der Waals surface area contributed by atoms with Gasteiger partial charge in [-0.1, -0.05) is 63.2 Å². The fraction of sp³-hybridized carbons (Fsp3) is 0.125. The number of fused-ring (bicyclic) bond motifs is 1. The molecule has 0 spiro atoms. The summed E-state index contributed by atoms with van der Waals surface area (Å²) in [7, 11) is 0. The summed E-state index contributed by atoms with van der Waals surface area (Å²) in [6.07, 6.45) is 7.18. The van der Waals surface area contributed by atoms with Gasteiger partial charge in [-0.15, -0.1) is 0 Å². The van der Waals surface area contributed by atoms with Crippen molar-refractivity contribution in [2.75, 3.05) is 5.32 Å². The standard InChI is InChI=1S/C32H28N4O2/c1-32(2,3)26-14-12-22(13-15-26)31(38)35-28-9-6-7-23(19-28)30(37)24-10-11-25-21-34-36(29(25)20-24)18-16-27-8-4-5-17-33-27/h4-21H,1-3H3,(H,35,38).